The molecular weight excluding hydrogens is 586 g/mol. The summed E-state index contributed by atoms with van der Waals surface area (Å²) in [5, 5.41) is 15.8. The van der Waals surface area contributed by atoms with Crippen LogP contribution in [0.4, 0.5) is 17.6 Å². The van der Waals surface area contributed by atoms with Crippen LogP contribution in [0, 0.1) is 35.0 Å². The van der Waals surface area contributed by atoms with E-state index in [0.717, 1.165) is 4.90 Å². The average molecular weight is 620 g/mol. The summed E-state index contributed by atoms with van der Waals surface area (Å²) in [7, 11) is 2.64. The average Bonchev–Trinajstić information content (AvgIpc) is 3.67. The van der Waals surface area contributed by atoms with E-state index in [-0.39, 0.29) is 24.8 Å². The highest BCUT2D eigenvalue weighted by molar-refractivity contribution is 5.96. The summed E-state index contributed by atoms with van der Waals surface area (Å²) in [6, 6.07) is 2.85. The number of ether oxygens (including phenoxy) is 2. The monoisotopic (exact) mass is 619 g/mol. The van der Waals surface area contributed by atoms with Gasteiger partial charge in [0, 0.05) is 42.4 Å². The predicted octanol–water partition coefficient (Wildman–Crippen LogP) is 3.22. The fourth-order valence-corrected chi connectivity index (χ4v) is 7.32. The van der Waals surface area contributed by atoms with Crippen LogP contribution in [0.1, 0.15) is 38.3 Å². The lowest BCUT2D eigenvalue weighted by Gasteiger charge is -2.38. The molecule has 2 aromatic rings. The molecule has 2 saturated carbocycles. The number of benzene rings is 1. The van der Waals surface area contributed by atoms with Gasteiger partial charge >= 0.3 is 12.1 Å². The number of carbonyl (C=O) groups is 3. The van der Waals surface area contributed by atoms with Gasteiger partial charge in [-0.2, -0.15) is 18.4 Å². The Hall–Kier alpha value is -3.99. The number of likely N-dealkylation sites (tertiary alicyclic amines) is 1. The van der Waals surface area contributed by atoms with Gasteiger partial charge in [-0.15, -0.1) is 0 Å². The maximum Gasteiger partial charge on any atom is 0.471 e. The van der Waals surface area contributed by atoms with Gasteiger partial charge in [-0.3, -0.25) is 19.4 Å². The number of hydrogen-bond acceptors (Lipinski definition) is 7. The highest BCUT2D eigenvalue weighted by Gasteiger charge is 2.63. The highest BCUT2D eigenvalue weighted by atomic mass is 19.4. The molecule has 2 bridgehead atoms. The third-order valence-electron chi connectivity index (χ3n) is 9.54. The van der Waals surface area contributed by atoms with Crippen molar-refractivity contribution >= 4 is 28.5 Å². The maximum absolute atomic E-state index is 15.1. The molecule has 0 spiro atoms. The number of nitrogens with one attached hydrogen (secondary N) is 2. The lowest BCUT2D eigenvalue weighted by Crippen LogP contribution is -2.63. The number of aromatic nitrogens is 1. The van der Waals surface area contributed by atoms with E-state index < -0.39 is 65.6 Å². The molecule has 1 unspecified atom stereocenters. The zero-order chi connectivity index (χ0) is 32.1. The number of hydrogen-bond donors (Lipinski definition) is 2. The molecule has 10 nitrogen and oxygen atoms in total. The molecule has 3 aliphatic rings. The molecule has 2 N–H and O–H groups in total. The Bertz CT molecular complexity index is 1510. The minimum Gasteiger partial charge on any atom is -0.496 e. The second kappa shape index (κ2) is 11.5. The number of methoxy groups -OCH3 is 2. The van der Waals surface area contributed by atoms with Crippen molar-refractivity contribution in [2.45, 2.75) is 62.8 Å². The first-order valence-electron chi connectivity index (χ1n) is 14.2. The number of rotatable bonds is 8. The SMILES string of the molecule is COc1cccc2cncc(C(C#N)NC(=O)[C@@H]3[C@@H]4[C@H](CN3C(=O)[C@@H](NC(=O)C(F)(F)F)C(C)(C)OC)[C@H]3C[C@@H]4[C@H](F)C3)c12. The molecule has 1 aliphatic heterocycles. The number of nitriles is 1. The Morgan fingerprint density at radius 3 is 2.48 bits per heavy atom. The molecule has 236 valence electrons. The van der Waals surface area contributed by atoms with Crippen LogP contribution in [-0.4, -0.2) is 78.4 Å². The number of alkyl halides is 4. The third-order valence-corrected chi connectivity index (χ3v) is 9.54. The van der Waals surface area contributed by atoms with E-state index in [1.54, 1.807) is 29.7 Å². The summed E-state index contributed by atoms with van der Waals surface area (Å²) in [6.07, 6.45) is -2.72. The Labute approximate surface area is 251 Å². The first kappa shape index (κ1) is 31.4. The van der Waals surface area contributed by atoms with E-state index in [4.69, 9.17) is 9.47 Å². The van der Waals surface area contributed by atoms with Crippen LogP contribution < -0.4 is 15.4 Å². The fourth-order valence-electron chi connectivity index (χ4n) is 7.32. The number of amides is 3. The standard InChI is InChI=1S/C30H33F4N5O5/c1-29(2,44-4)25(38-28(42)30(32,33)34)27(41)39-13-18-15-8-16(19(31)9-15)23(18)24(39)26(40)37-20(10-35)17-12-36-11-14-6-5-7-21(43-3)22(14)17/h5-7,11-12,15-16,18-20,23-25H,8-9,13H2,1-4H3,(H,37,40)(H,38,42)/t15-,16+,18+,19+,20?,23-,24-,25+/m0/s1. The van der Waals surface area contributed by atoms with Crippen molar-refractivity contribution in [3.05, 3.63) is 36.2 Å². The molecule has 3 fully saturated rings. The second-order valence-electron chi connectivity index (χ2n) is 12.2. The topological polar surface area (TPSA) is 134 Å². The van der Waals surface area contributed by atoms with Crippen LogP contribution in [0.15, 0.2) is 30.6 Å². The first-order chi connectivity index (χ1) is 20.7. The number of pyridine rings is 1. The summed E-state index contributed by atoms with van der Waals surface area (Å²) in [4.78, 5) is 45.5. The van der Waals surface area contributed by atoms with Gasteiger partial charge in [-0.25, -0.2) is 4.39 Å². The van der Waals surface area contributed by atoms with Crippen molar-refractivity contribution < 1.29 is 41.4 Å². The fraction of sp³-hybridized carbons (Fsp3) is 0.567. The molecule has 8 atom stereocenters. The first-order valence-corrected chi connectivity index (χ1v) is 14.2. The van der Waals surface area contributed by atoms with Crippen molar-refractivity contribution in [1.82, 2.24) is 20.5 Å². The largest absolute Gasteiger partial charge is 0.496 e. The summed E-state index contributed by atoms with van der Waals surface area (Å²) in [6.45, 7) is 2.66. The molecule has 1 aromatic heterocycles. The van der Waals surface area contributed by atoms with E-state index in [1.807, 2.05) is 0 Å². The van der Waals surface area contributed by atoms with Crippen LogP contribution in [-0.2, 0) is 19.1 Å². The number of nitrogens with zero attached hydrogens (tertiary/aromatic N) is 3. The molecule has 1 aromatic carbocycles. The number of fused-ring (bicyclic) bond motifs is 6. The molecule has 5 rings (SSSR count). The van der Waals surface area contributed by atoms with E-state index >= 15 is 4.39 Å². The molecule has 44 heavy (non-hydrogen) atoms. The van der Waals surface area contributed by atoms with Gasteiger partial charge in [0.05, 0.1) is 18.8 Å². The van der Waals surface area contributed by atoms with Crippen LogP contribution in [0.5, 0.6) is 5.75 Å². The van der Waals surface area contributed by atoms with Crippen molar-refractivity contribution in [2.24, 2.45) is 23.7 Å². The Morgan fingerprint density at radius 1 is 1.11 bits per heavy atom. The summed E-state index contributed by atoms with van der Waals surface area (Å²) < 4.78 is 65.7. The van der Waals surface area contributed by atoms with Gasteiger partial charge in [0.15, 0.2) is 0 Å². The van der Waals surface area contributed by atoms with Crippen molar-refractivity contribution in [2.75, 3.05) is 20.8 Å². The van der Waals surface area contributed by atoms with E-state index in [2.05, 4.69) is 16.4 Å². The lowest BCUT2D eigenvalue weighted by molar-refractivity contribution is -0.178. The number of halogens is 4. The number of carbonyl (C=O) groups excluding carboxylic acids is 3. The molecule has 2 aliphatic carbocycles. The van der Waals surface area contributed by atoms with Gasteiger partial charge in [0.2, 0.25) is 11.8 Å². The summed E-state index contributed by atoms with van der Waals surface area (Å²) >= 11 is 0. The van der Waals surface area contributed by atoms with Crippen LogP contribution >= 0.6 is 0 Å². The lowest BCUT2D eigenvalue weighted by atomic mass is 9.77. The molecule has 1 saturated heterocycles. The van der Waals surface area contributed by atoms with Gasteiger partial charge < -0.3 is 25.0 Å². The van der Waals surface area contributed by atoms with Crippen LogP contribution in [0.2, 0.25) is 0 Å². The van der Waals surface area contributed by atoms with Crippen molar-refractivity contribution in [1.29, 1.82) is 5.26 Å². The third kappa shape index (κ3) is 5.31. The van der Waals surface area contributed by atoms with E-state index in [0.29, 0.717) is 28.5 Å². The Morgan fingerprint density at radius 2 is 1.84 bits per heavy atom. The van der Waals surface area contributed by atoms with Crippen molar-refractivity contribution in [3.8, 4) is 11.8 Å². The maximum atomic E-state index is 15.1. The van der Waals surface area contributed by atoms with Crippen LogP contribution in [0.25, 0.3) is 10.8 Å². The van der Waals surface area contributed by atoms with Gasteiger partial charge in [-0.05, 0) is 56.4 Å². The zero-order valence-corrected chi connectivity index (χ0v) is 24.5. The van der Waals surface area contributed by atoms with Crippen LogP contribution in [0.3, 0.4) is 0 Å². The van der Waals surface area contributed by atoms with Crippen molar-refractivity contribution in [3.63, 3.8) is 0 Å². The quantitative estimate of drug-likeness (QED) is 0.434. The Kier molecular flexibility index (Phi) is 8.22. The summed E-state index contributed by atoms with van der Waals surface area (Å²) in [5.74, 6) is -5.21. The minimum absolute atomic E-state index is 0.0193. The molecule has 14 heteroatoms. The molecule has 2 heterocycles. The van der Waals surface area contributed by atoms with Gasteiger partial charge in [-0.1, -0.05) is 12.1 Å². The molecular formula is C30H33F4N5O5. The van der Waals surface area contributed by atoms with Gasteiger partial charge in [0.1, 0.15) is 30.0 Å². The molecule has 3 amide bonds. The Balaban J connectivity index is 1.52. The molecule has 0 radical (unpaired) electrons. The van der Waals surface area contributed by atoms with E-state index in [1.165, 1.54) is 34.3 Å². The summed E-state index contributed by atoms with van der Waals surface area (Å²) in [5.41, 5.74) is -1.28. The zero-order valence-electron chi connectivity index (χ0n) is 24.5. The smallest absolute Gasteiger partial charge is 0.471 e. The second-order valence-corrected chi connectivity index (χ2v) is 12.2. The predicted molar refractivity (Wildman–Crippen MR) is 147 cm³/mol. The van der Waals surface area contributed by atoms with Gasteiger partial charge in [0.25, 0.3) is 0 Å². The highest BCUT2D eigenvalue weighted by Crippen LogP contribution is 2.58. The normalized spacial score (nSPS) is 27.4. The van der Waals surface area contributed by atoms with E-state index in [9.17, 15) is 32.8 Å². The minimum atomic E-state index is -5.28.